The van der Waals surface area contributed by atoms with Crippen molar-refractivity contribution in [3.8, 4) is 11.5 Å². The molecule has 3 aromatic rings. The van der Waals surface area contributed by atoms with Crippen molar-refractivity contribution in [1.29, 1.82) is 0 Å². The van der Waals surface area contributed by atoms with Gasteiger partial charge in [-0.1, -0.05) is 29.9 Å². The zero-order valence-corrected chi connectivity index (χ0v) is 15.3. The quantitative estimate of drug-likeness (QED) is 0.483. The van der Waals surface area contributed by atoms with Crippen LogP contribution in [0.5, 0.6) is 0 Å². The van der Waals surface area contributed by atoms with Crippen LogP contribution in [0.15, 0.2) is 40.3 Å². The van der Waals surface area contributed by atoms with Gasteiger partial charge in [0.2, 0.25) is 0 Å². The highest BCUT2D eigenvalue weighted by atomic mass is 32.2. The minimum absolute atomic E-state index is 0.277. The number of amides is 2. The highest BCUT2D eigenvalue weighted by molar-refractivity contribution is 7.99. The standard InChI is InChI=1S/C16H19N7O2S/c1-3-13-20-14(25-22-13)11-5-4-6-12(9-11)19-15(24)17-7-8-26-16-21-18-10-23(16)2/h4-6,9-10H,3,7-8H2,1-2H3,(H2,17,19,24). The number of benzene rings is 1. The molecule has 2 N–H and O–H groups in total. The maximum absolute atomic E-state index is 12.0. The van der Waals surface area contributed by atoms with E-state index >= 15 is 0 Å². The SMILES string of the molecule is CCc1noc(-c2cccc(NC(=O)NCCSc3nncn3C)c2)n1. The first kappa shape index (κ1) is 17.9. The van der Waals surface area contributed by atoms with Crippen molar-refractivity contribution in [2.24, 2.45) is 7.05 Å². The Morgan fingerprint density at radius 1 is 1.38 bits per heavy atom. The molecular formula is C16H19N7O2S. The van der Waals surface area contributed by atoms with Crippen LogP contribution in [0.3, 0.4) is 0 Å². The Kier molecular flexibility index (Phi) is 5.84. The number of carbonyl (C=O) groups is 1. The number of aromatic nitrogens is 5. The predicted octanol–water partition coefficient (Wildman–Crippen LogP) is 2.34. The van der Waals surface area contributed by atoms with Crippen LogP contribution in [-0.2, 0) is 13.5 Å². The number of rotatable bonds is 7. The van der Waals surface area contributed by atoms with Crippen LogP contribution in [0.2, 0.25) is 0 Å². The Hall–Kier alpha value is -2.88. The number of aryl methyl sites for hydroxylation is 2. The third-order valence-corrected chi connectivity index (χ3v) is 4.48. The van der Waals surface area contributed by atoms with Gasteiger partial charge in [-0.25, -0.2) is 4.79 Å². The van der Waals surface area contributed by atoms with Crippen molar-refractivity contribution in [3.05, 3.63) is 36.4 Å². The van der Waals surface area contributed by atoms with E-state index in [4.69, 9.17) is 4.52 Å². The fourth-order valence-electron chi connectivity index (χ4n) is 2.13. The Labute approximate surface area is 154 Å². The van der Waals surface area contributed by atoms with Crippen LogP contribution in [0.4, 0.5) is 10.5 Å². The monoisotopic (exact) mass is 373 g/mol. The van der Waals surface area contributed by atoms with Crippen molar-refractivity contribution in [2.75, 3.05) is 17.6 Å². The van der Waals surface area contributed by atoms with Gasteiger partial charge in [0.05, 0.1) is 0 Å². The lowest BCUT2D eigenvalue weighted by Crippen LogP contribution is -2.30. The fourth-order valence-corrected chi connectivity index (χ4v) is 2.87. The number of thioether (sulfide) groups is 1. The van der Waals surface area contributed by atoms with E-state index in [-0.39, 0.29) is 6.03 Å². The minimum atomic E-state index is -0.277. The molecule has 136 valence electrons. The average molecular weight is 373 g/mol. The van der Waals surface area contributed by atoms with E-state index in [1.54, 1.807) is 18.5 Å². The van der Waals surface area contributed by atoms with Crippen LogP contribution in [-0.4, -0.2) is 43.2 Å². The van der Waals surface area contributed by atoms with E-state index in [0.29, 0.717) is 36.1 Å². The summed E-state index contributed by atoms with van der Waals surface area (Å²) in [6.07, 6.45) is 2.35. The van der Waals surface area contributed by atoms with E-state index < -0.39 is 0 Å². The first-order valence-corrected chi connectivity index (χ1v) is 9.09. The number of nitrogens with one attached hydrogen (secondary N) is 2. The highest BCUT2D eigenvalue weighted by Crippen LogP contribution is 2.21. The van der Waals surface area contributed by atoms with Crippen LogP contribution in [0, 0.1) is 0 Å². The molecule has 2 aromatic heterocycles. The van der Waals surface area contributed by atoms with Gasteiger partial charge in [-0.15, -0.1) is 10.2 Å². The molecule has 0 aliphatic rings. The predicted molar refractivity (Wildman–Crippen MR) is 97.9 cm³/mol. The van der Waals surface area contributed by atoms with Gasteiger partial charge in [0.25, 0.3) is 5.89 Å². The van der Waals surface area contributed by atoms with Crippen molar-refractivity contribution >= 4 is 23.5 Å². The molecule has 26 heavy (non-hydrogen) atoms. The van der Waals surface area contributed by atoms with Crippen molar-refractivity contribution in [2.45, 2.75) is 18.5 Å². The van der Waals surface area contributed by atoms with E-state index in [0.717, 1.165) is 10.7 Å². The maximum atomic E-state index is 12.0. The van der Waals surface area contributed by atoms with Gasteiger partial charge in [0.1, 0.15) is 6.33 Å². The van der Waals surface area contributed by atoms with Crippen LogP contribution in [0.1, 0.15) is 12.7 Å². The molecular weight excluding hydrogens is 354 g/mol. The Morgan fingerprint density at radius 2 is 2.27 bits per heavy atom. The van der Waals surface area contributed by atoms with Gasteiger partial charge in [-0.05, 0) is 18.2 Å². The maximum Gasteiger partial charge on any atom is 0.319 e. The molecule has 0 fully saturated rings. The van der Waals surface area contributed by atoms with Gasteiger partial charge in [0, 0.05) is 37.0 Å². The third-order valence-electron chi connectivity index (χ3n) is 3.44. The molecule has 1 aromatic carbocycles. The molecule has 0 radical (unpaired) electrons. The number of hydrogen-bond acceptors (Lipinski definition) is 7. The Bertz CT molecular complexity index is 877. The summed E-state index contributed by atoms with van der Waals surface area (Å²) in [6, 6.07) is 6.99. The van der Waals surface area contributed by atoms with E-state index in [1.807, 2.05) is 30.7 Å². The zero-order valence-electron chi connectivity index (χ0n) is 14.5. The number of carbonyl (C=O) groups excluding carboxylic acids is 1. The molecule has 3 rings (SSSR count). The smallest absolute Gasteiger partial charge is 0.319 e. The van der Waals surface area contributed by atoms with E-state index in [1.165, 1.54) is 11.8 Å². The van der Waals surface area contributed by atoms with Crippen LogP contribution < -0.4 is 10.6 Å². The topological polar surface area (TPSA) is 111 Å². The summed E-state index contributed by atoms with van der Waals surface area (Å²) in [7, 11) is 1.88. The summed E-state index contributed by atoms with van der Waals surface area (Å²) in [6.45, 7) is 2.46. The molecule has 0 bridgehead atoms. The minimum Gasteiger partial charge on any atom is -0.337 e. The lowest BCUT2D eigenvalue weighted by Gasteiger charge is -2.08. The Morgan fingerprint density at radius 3 is 3.00 bits per heavy atom. The Balaban J connectivity index is 1.49. The molecule has 0 aliphatic heterocycles. The van der Waals surface area contributed by atoms with Gasteiger partial charge in [0.15, 0.2) is 11.0 Å². The third kappa shape index (κ3) is 4.60. The van der Waals surface area contributed by atoms with E-state index in [9.17, 15) is 4.79 Å². The number of urea groups is 1. The van der Waals surface area contributed by atoms with Crippen molar-refractivity contribution < 1.29 is 9.32 Å². The van der Waals surface area contributed by atoms with E-state index in [2.05, 4.69) is 31.0 Å². The summed E-state index contributed by atoms with van der Waals surface area (Å²) >= 11 is 1.53. The largest absolute Gasteiger partial charge is 0.337 e. The molecule has 0 saturated carbocycles. The molecule has 2 heterocycles. The summed E-state index contributed by atoms with van der Waals surface area (Å²) < 4.78 is 7.05. The second-order valence-electron chi connectivity index (χ2n) is 5.40. The molecule has 0 aliphatic carbocycles. The summed E-state index contributed by atoms with van der Waals surface area (Å²) in [5, 5.41) is 18.1. The molecule has 2 amide bonds. The van der Waals surface area contributed by atoms with Gasteiger partial charge >= 0.3 is 6.03 Å². The molecule has 0 spiro atoms. The summed E-state index contributed by atoms with van der Waals surface area (Å²) in [4.78, 5) is 16.3. The summed E-state index contributed by atoms with van der Waals surface area (Å²) in [5.74, 6) is 1.78. The molecule has 0 atom stereocenters. The second kappa shape index (κ2) is 8.48. The van der Waals surface area contributed by atoms with Gasteiger partial charge < -0.3 is 19.7 Å². The van der Waals surface area contributed by atoms with Crippen molar-refractivity contribution in [3.63, 3.8) is 0 Å². The fraction of sp³-hybridized carbons (Fsp3) is 0.312. The second-order valence-corrected chi connectivity index (χ2v) is 6.47. The van der Waals surface area contributed by atoms with Crippen LogP contribution >= 0.6 is 11.8 Å². The zero-order chi connectivity index (χ0) is 18.4. The molecule has 0 unspecified atom stereocenters. The number of anilines is 1. The van der Waals surface area contributed by atoms with Gasteiger partial charge in [-0.3, -0.25) is 0 Å². The van der Waals surface area contributed by atoms with Crippen LogP contribution in [0.25, 0.3) is 11.5 Å². The van der Waals surface area contributed by atoms with Gasteiger partial charge in [-0.2, -0.15) is 4.98 Å². The average Bonchev–Trinajstić information content (AvgIpc) is 3.28. The normalized spacial score (nSPS) is 10.7. The lowest BCUT2D eigenvalue weighted by molar-refractivity contribution is 0.252. The van der Waals surface area contributed by atoms with Crippen molar-refractivity contribution in [1.82, 2.24) is 30.2 Å². The summed E-state index contributed by atoms with van der Waals surface area (Å²) in [5.41, 5.74) is 1.41. The first-order chi connectivity index (χ1) is 12.7. The lowest BCUT2D eigenvalue weighted by atomic mass is 10.2. The molecule has 9 nitrogen and oxygen atoms in total. The molecule has 10 heteroatoms. The number of hydrogen-bond donors (Lipinski definition) is 2. The first-order valence-electron chi connectivity index (χ1n) is 8.10. The number of nitrogens with zero attached hydrogens (tertiary/aromatic N) is 5. The molecule has 0 saturated heterocycles. The highest BCUT2D eigenvalue weighted by Gasteiger charge is 2.09.